The average Bonchev–Trinajstić information content (AvgIpc) is 1.99. The molecule has 0 radical (unpaired) electrons. The lowest BCUT2D eigenvalue weighted by molar-refractivity contribution is 0.462. The van der Waals surface area contributed by atoms with E-state index in [0.717, 1.165) is 0 Å². The fourth-order valence-corrected chi connectivity index (χ4v) is 2.26. The maximum Gasteiger partial charge on any atom is 0.212 e. The fourth-order valence-electron chi connectivity index (χ4n) is 0.752. The summed E-state index contributed by atoms with van der Waals surface area (Å²) in [6.07, 6.45) is 2.03. The van der Waals surface area contributed by atoms with Crippen molar-refractivity contribution in [2.24, 2.45) is 5.73 Å². The third-order valence-electron chi connectivity index (χ3n) is 1.53. The van der Waals surface area contributed by atoms with Gasteiger partial charge in [0.25, 0.3) is 0 Å². The number of rotatable bonds is 6. The first-order valence-electron chi connectivity index (χ1n) is 4.15. The van der Waals surface area contributed by atoms with Crippen LogP contribution in [0.3, 0.4) is 0 Å². The summed E-state index contributed by atoms with van der Waals surface area (Å²) in [4.78, 5) is 0. The molecular weight excluding hydrogens is 188 g/mol. The second-order valence-corrected chi connectivity index (χ2v) is 5.43. The van der Waals surface area contributed by atoms with Crippen LogP contribution in [0.15, 0.2) is 12.7 Å². The van der Waals surface area contributed by atoms with E-state index in [0.29, 0.717) is 6.42 Å². The molecule has 5 heteroatoms. The smallest absolute Gasteiger partial charge is 0.212 e. The molecule has 0 amide bonds. The number of nitrogens with two attached hydrogens (primary N) is 1. The van der Waals surface area contributed by atoms with Crippen molar-refractivity contribution in [2.45, 2.75) is 25.8 Å². The van der Waals surface area contributed by atoms with Gasteiger partial charge in [-0.1, -0.05) is 6.08 Å². The Balaban J connectivity index is 4.25. The Morgan fingerprint density at radius 1 is 1.54 bits per heavy atom. The molecule has 0 aromatic rings. The summed E-state index contributed by atoms with van der Waals surface area (Å²) in [5, 5.41) is 0. The molecule has 0 saturated heterocycles. The fraction of sp³-hybridized carbons (Fsp3) is 0.750. The van der Waals surface area contributed by atoms with Gasteiger partial charge in [0, 0.05) is 12.1 Å². The lowest BCUT2D eigenvalue weighted by Gasteiger charge is -2.23. The van der Waals surface area contributed by atoms with Gasteiger partial charge in [-0.3, -0.25) is 0 Å². The van der Waals surface area contributed by atoms with E-state index in [1.165, 1.54) is 0 Å². The summed E-state index contributed by atoms with van der Waals surface area (Å²) in [5.74, 6) is 0.0694. The molecule has 0 spiro atoms. The zero-order chi connectivity index (χ0) is 10.5. The summed E-state index contributed by atoms with van der Waals surface area (Å²) in [5.41, 5.74) is 4.83. The van der Waals surface area contributed by atoms with E-state index >= 15 is 0 Å². The van der Waals surface area contributed by atoms with Gasteiger partial charge in [0.2, 0.25) is 10.0 Å². The Kier molecular flexibility index (Phi) is 4.60. The van der Waals surface area contributed by atoms with Crippen molar-refractivity contribution >= 4 is 10.0 Å². The van der Waals surface area contributed by atoms with E-state index < -0.39 is 15.6 Å². The zero-order valence-corrected chi connectivity index (χ0v) is 9.02. The van der Waals surface area contributed by atoms with Crippen LogP contribution in [-0.2, 0) is 10.0 Å². The molecule has 4 nitrogen and oxygen atoms in total. The number of allylic oxidation sites excluding steroid dienone is 1. The van der Waals surface area contributed by atoms with Gasteiger partial charge in [-0.2, -0.15) is 0 Å². The standard InChI is InChI=1S/C8H18N2O2S/c1-4-5-6-13(11,12)10-8(2,3)7-9/h4,10H,1,5-7,9H2,2-3H3. The van der Waals surface area contributed by atoms with E-state index in [2.05, 4.69) is 11.3 Å². The van der Waals surface area contributed by atoms with Gasteiger partial charge >= 0.3 is 0 Å². The van der Waals surface area contributed by atoms with Gasteiger partial charge in [0.05, 0.1) is 5.75 Å². The summed E-state index contributed by atoms with van der Waals surface area (Å²) in [6, 6.07) is 0. The minimum atomic E-state index is -3.21. The molecule has 0 atom stereocenters. The molecule has 0 aliphatic heterocycles. The molecule has 0 aliphatic rings. The monoisotopic (exact) mass is 206 g/mol. The first kappa shape index (κ1) is 12.6. The average molecular weight is 206 g/mol. The van der Waals surface area contributed by atoms with Gasteiger partial charge in [0.15, 0.2) is 0 Å². The Morgan fingerprint density at radius 3 is 2.46 bits per heavy atom. The van der Waals surface area contributed by atoms with E-state index in [1.807, 2.05) is 0 Å². The lowest BCUT2D eigenvalue weighted by Crippen LogP contribution is -2.49. The van der Waals surface area contributed by atoms with Crippen molar-refractivity contribution in [2.75, 3.05) is 12.3 Å². The topological polar surface area (TPSA) is 72.2 Å². The van der Waals surface area contributed by atoms with Crippen LogP contribution in [0, 0.1) is 0 Å². The van der Waals surface area contributed by atoms with Crippen LogP contribution >= 0.6 is 0 Å². The Bertz CT molecular complexity index is 257. The normalized spacial score (nSPS) is 12.8. The van der Waals surface area contributed by atoms with Crippen LogP contribution < -0.4 is 10.5 Å². The van der Waals surface area contributed by atoms with Crippen LogP contribution in [0.5, 0.6) is 0 Å². The van der Waals surface area contributed by atoms with E-state index in [4.69, 9.17) is 5.73 Å². The SMILES string of the molecule is C=CCCS(=O)(=O)NC(C)(C)CN. The molecular formula is C8H18N2O2S. The second kappa shape index (κ2) is 4.74. The summed E-state index contributed by atoms with van der Waals surface area (Å²) < 4.78 is 25.2. The highest BCUT2D eigenvalue weighted by Crippen LogP contribution is 2.02. The Hall–Kier alpha value is -0.390. The van der Waals surface area contributed by atoms with Gasteiger partial charge < -0.3 is 5.73 Å². The molecule has 78 valence electrons. The predicted octanol–water partition coefficient (Wildman–Crippen LogP) is 0.219. The van der Waals surface area contributed by atoms with Crippen molar-refractivity contribution in [3.8, 4) is 0 Å². The highest BCUT2D eigenvalue weighted by Gasteiger charge is 2.22. The van der Waals surface area contributed by atoms with Gasteiger partial charge in [-0.25, -0.2) is 13.1 Å². The molecule has 0 heterocycles. The van der Waals surface area contributed by atoms with Crippen LogP contribution in [0.2, 0.25) is 0 Å². The van der Waals surface area contributed by atoms with Crippen molar-refractivity contribution < 1.29 is 8.42 Å². The van der Waals surface area contributed by atoms with Gasteiger partial charge in [-0.05, 0) is 20.3 Å². The van der Waals surface area contributed by atoms with E-state index in [-0.39, 0.29) is 12.3 Å². The molecule has 3 N–H and O–H groups in total. The minimum absolute atomic E-state index is 0.0694. The molecule has 0 fully saturated rings. The van der Waals surface area contributed by atoms with Crippen LogP contribution in [0.4, 0.5) is 0 Å². The van der Waals surface area contributed by atoms with E-state index in [9.17, 15) is 8.42 Å². The highest BCUT2D eigenvalue weighted by molar-refractivity contribution is 7.89. The second-order valence-electron chi connectivity index (χ2n) is 3.59. The number of hydrogen-bond donors (Lipinski definition) is 2. The van der Waals surface area contributed by atoms with Crippen molar-refractivity contribution in [1.82, 2.24) is 4.72 Å². The number of hydrogen-bond acceptors (Lipinski definition) is 3. The van der Waals surface area contributed by atoms with Crippen molar-refractivity contribution in [1.29, 1.82) is 0 Å². The van der Waals surface area contributed by atoms with Crippen LogP contribution in [0.25, 0.3) is 0 Å². The Morgan fingerprint density at radius 2 is 2.08 bits per heavy atom. The van der Waals surface area contributed by atoms with E-state index in [1.54, 1.807) is 19.9 Å². The molecule has 0 aromatic carbocycles. The minimum Gasteiger partial charge on any atom is -0.329 e. The third-order valence-corrected chi connectivity index (χ3v) is 3.17. The van der Waals surface area contributed by atoms with Crippen LogP contribution in [-0.4, -0.2) is 26.3 Å². The summed E-state index contributed by atoms with van der Waals surface area (Å²) in [6.45, 7) is 7.24. The summed E-state index contributed by atoms with van der Waals surface area (Å²) >= 11 is 0. The number of nitrogens with one attached hydrogen (secondary N) is 1. The lowest BCUT2D eigenvalue weighted by atomic mass is 10.1. The largest absolute Gasteiger partial charge is 0.329 e. The maximum absolute atomic E-state index is 11.3. The number of sulfonamides is 1. The van der Waals surface area contributed by atoms with Crippen LogP contribution in [0.1, 0.15) is 20.3 Å². The highest BCUT2D eigenvalue weighted by atomic mass is 32.2. The molecule has 0 rings (SSSR count). The molecule has 0 aromatic heterocycles. The molecule has 0 saturated carbocycles. The van der Waals surface area contributed by atoms with Crippen molar-refractivity contribution in [3.63, 3.8) is 0 Å². The van der Waals surface area contributed by atoms with Crippen molar-refractivity contribution in [3.05, 3.63) is 12.7 Å². The zero-order valence-electron chi connectivity index (χ0n) is 8.21. The first-order chi connectivity index (χ1) is 5.83. The molecule has 0 aliphatic carbocycles. The molecule has 0 bridgehead atoms. The maximum atomic E-state index is 11.3. The third kappa shape index (κ3) is 5.79. The molecule has 13 heavy (non-hydrogen) atoms. The van der Waals surface area contributed by atoms with Gasteiger partial charge in [-0.15, -0.1) is 6.58 Å². The van der Waals surface area contributed by atoms with Gasteiger partial charge in [0.1, 0.15) is 0 Å². The Labute approximate surface area is 80.3 Å². The summed E-state index contributed by atoms with van der Waals surface area (Å²) in [7, 11) is -3.21. The first-order valence-corrected chi connectivity index (χ1v) is 5.81. The quantitative estimate of drug-likeness (QED) is 0.611. The predicted molar refractivity (Wildman–Crippen MR) is 54.9 cm³/mol. The molecule has 0 unspecified atom stereocenters.